The average Bonchev–Trinajstić information content (AvgIpc) is 2.78. The minimum Gasteiger partial charge on any atom is -0.366 e. The Hall–Kier alpha value is -2.25. The van der Waals surface area contributed by atoms with Crippen LogP contribution < -0.4 is 10.2 Å². The standard InChI is InChI=1S/C24H28F3N3O.ClH/c25-24(26,27)20-10-7-19(8-11-20)23(31)28-13-3-4-14-29-15-16-30-21(17-29)12-9-18-5-1-2-6-22(18)30;/h1-2,5-8,10-11,21H,3-4,9,12-17H2,(H,28,31);1H. The largest absolute Gasteiger partial charge is 0.416 e. The van der Waals surface area contributed by atoms with Crippen molar-refractivity contribution >= 4 is 24.0 Å². The molecule has 1 amide bonds. The van der Waals surface area contributed by atoms with Crippen molar-refractivity contribution in [2.24, 2.45) is 0 Å². The van der Waals surface area contributed by atoms with E-state index in [4.69, 9.17) is 0 Å². The van der Waals surface area contributed by atoms with Crippen LogP contribution in [-0.2, 0) is 12.6 Å². The molecule has 0 spiro atoms. The van der Waals surface area contributed by atoms with Crippen LogP contribution in [0.2, 0.25) is 0 Å². The van der Waals surface area contributed by atoms with E-state index in [1.165, 1.54) is 29.8 Å². The lowest BCUT2D eigenvalue weighted by Crippen LogP contribution is -2.55. The Kier molecular flexibility index (Phi) is 8.06. The molecule has 1 N–H and O–H groups in total. The molecule has 2 aromatic rings. The average molecular weight is 468 g/mol. The van der Waals surface area contributed by atoms with Crippen LogP contribution in [0.1, 0.15) is 40.7 Å². The van der Waals surface area contributed by atoms with Crippen LogP contribution in [0.15, 0.2) is 48.5 Å². The highest BCUT2D eigenvalue weighted by atomic mass is 35.5. The van der Waals surface area contributed by atoms with Crippen molar-refractivity contribution in [3.63, 3.8) is 0 Å². The van der Waals surface area contributed by atoms with E-state index in [0.717, 1.165) is 57.6 Å². The van der Waals surface area contributed by atoms with Gasteiger partial charge in [-0.2, -0.15) is 13.2 Å². The van der Waals surface area contributed by atoms with Crippen LogP contribution in [0, 0.1) is 0 Å². The highest BCUT2D eigenvalue weighted by Crippen LogP contribution is 2.32. The van der Waals surface area contributed by atoms with E-state index in [2.05, 4.69) is 39.4 Å². The van der Waals surface area contributed by atoms with Crippen molar-refractivity contribution in [1.82, 2.24) is 10.2 Å². The van der Waals surface area contributed by atoms with Gasteiger partial charge in [0.25, 0.3) is 5.91 Å². The van der Waals surface area contributed by atoms with E-state index < -0.39 is 11.7 Å². The number of fused-ring (bicyclic) bond motifs is 3. The minimum atomic E-state index is -4.39. The summed E-state index contributed by atoms with van der Waals surface area (Å²) < 4.78 is 37.8. The predicted octanol–water partition coefficient (Wildman–Crippen LogP) is 4.77. The van der Waals surface area contributed by atoms with Gasteiger partial charge in [0.15, 0.2) is 0 Å². The first kappa shape index (κ1) is 24.4. The van der Waals surface area contributed by atoms with Crippen molar-refractivity contribution in [1.29, 1.82) is 0 Å². The summed E-state index contributed by atoms with van der Waals surface area (Å²) in [7, 11) is 0. The van der Waals surface area contributed by atoms with E-state index in [0.29, 0.717) is 12.6 Å². The zero-order chi connectivity index (χ0) is 21.8. The Morgan fingerprint density at radius 2 is 1.78 bits per heavy atom. The molecule has 0 aliphatic carbocycles. The topological polar surface area (TPSA) is 35.6 Å². The third-order valence-electron chi connectivity index (χ3n) is 6.28. The van der Waals surface area contributed by atoms with Gasteiger partial charge in [0, 0.05) is 43.5 Å². The molecule has 1 atom stereocenters. The van der Waals surface area contributed by atoms with Crippen LogP contribution in [0.4, 0.5) is 18.9 Å². The molecule has 1 unspecified atom stereocenters. The Morgan fingerprint density at radius 1 is 1.03 bits per heavy atom. The highest BCUT2D eigenvalue weighted by Gasteiger charge is 2.31. The molecule has 4 nitrogen and oxygen atoms in total. The number of hydrogen-bond donors (Lipinski definition) is 1. The van der Waals surface area contributed by atoms with E-state index >= 15 is 0 Å². The summed E-state index contributed by atoms with van der Waals surface area (Å²) in [6.07, 6.45) is -0.226. The molecule has 1 fully saturated rings. The third kappa shape index (κ3) is 5.75. The number of hydrogen-bond acceptors (Lipinski definition) is 3. The van der Waals surface area contributed by atoms with E-state index in [-0.39, 0.29) is 23.9 Å². The fourth-order valence-corrected chi connectivity index (χ4v) is 4.59. The van der Waals surface area contributed by atoms with Crippen molar-refractivity contribution in [2.75, 3.05) is 37.6 Å². The first-order chi connectivity index (χ1) is 14.9. The number of piperazine rings is 1. The molecule has 0 saturated carbocycles. The molecule has 1 saturated heterocycles. The summed E-state index contributed by atoms with van der Waals surface area (Å²) >= 11 is 0. The van der Waals surface area contributed by atoms with Gasteiger partial charge in [-0.3, -0.25) is 9.69 Å². The quantitative estimate of drug-likeness (QED) is 0.621. The van der Waals surface area contributed by atoms with Crippen molar-refractivity contribution in [3.8, 4) is 0 Å². The summed E-state index contributed by atoms with van der Waals surface area (Å²) in [5.74, 6) is -0.330. The van der Waals surface area contributed by atoms with Gasteiger partial charge in [0.2, 0.25) is 0 Å². The fraction of sp³-hybridized carbons (Fsp3) is 0.458. The molecule has 2 heterocycles. The lowest BCUT2D eigenvalue weighted by Gasteiger charge is -2.46. The van der Waals surface area contributed by atoms with Crippen LogP contribution in [-0.4, -0.2) is 49.6 Å². The second kappa shape index (κ2) is 10.6. The zero-order valence-electron chi connectivity index (χ0n) is 17.9. The number of para-hydroxylation sites is 1. The molecule has 2 aliphatic rings. The van der Waals surface area contributed by atoms with Crippen LogP contribution in [0.25, 0.3) is 0 Å². The van der Waals surface area contributed by atoms with Crippen LogP contribution >= 0.6 is 12.4 Å². The normalized spacial score (nSPS) is 18.3. The Bertz CT molecular complexity index is 904. The zero-order valence-corrected chi connectivity index (χ0v) is 18.7. The number of amides is 1. The number of carbonyl (C=O) groups excluding carboxylic acids is 1. The molecule has 2 aliphatic heterocycles. The molecule has 174 valence electrons. The molecule has 0 aromatic heterocycles. The fourth-order valence-electron chi connectivity index (χ4n) is 4.59. The number of unbranched alkanes of at least 4 members (excludes halogenated alkanes) is 1. The van der Waals surface area contributed by atoms with Gasteiger partial charge in [0.05, 0.1) is 5.56 Å². The number of carbonyl (C=O) groups is 1. The third-order valence-corrected chi connectivity index (χ3v) is 6.28. The van der Waals surface area contributed by atoms with Gasteiger partial charge >= 0.3 is 6.18 Å². The van der Waals surface area contributed by atoms with Crippen molar-refractivity contribution in [3.05, 3.63) is 65.2 Å². The first-order valence-electron chi connectivity index (χ1n) is 10.9. The van der Waals surface area contributed by atoms with Gasteiger partial charge in [-0.25, -0.2) is 0 Å². The number of nitrogens with one attached hydrogen (secondary N) is 1. The van der Waals surface area contributed by atoms with Gasteiger partial charge in [0.1, 0.15) is 0 Å². The molecule has 4 rings (SSSR count). The predicted molar refractivity (Wildman–Crippen MR) is 123 cm³/mol. The number of rotatable bonds is 6. The smallest absolute Gasteiger partial charge is 0.366 e. The lowest BCUT2D eigenvalue weighted by atomic mass is 9.94. The van der Waals surface area contributed by atoms with Crippen molar-refractivity contribution in [2.45, 2.75) is 37.9 Å². The molecule has 32 heavy (non-hydrogen) atoms. The summed E-state index contributed by atoms with van der Waals surface area (Å²) in [5.41, 5.74) is 2.35. The Morgan fingerprint density at radius 3 is 2.53 bits per heavy atom. The van der Waals surface area contributed by atoms with Gasteiger partial charge in [-0.1, -0.05) is 18.2 Å². The second-order valence-electron chi connectivity index (χ2n) is 8.35. The minimum absolute atomic E-state index is 0. The van der Waals surface area contributed by atoms with Crippen LogP contribution in [0.5, 0.6) is 0 Å². The maximum Gasteiger partial charge on any atom is 0.416 e. The number of nitrogens with zero attached hydrogens (tertiary/aromatic N) is 2. The lowest BCUT2D eigenvalue weighted by molar-refractivity contribution is -0.137. The number of anilines is 1. The molecular formula is C24H29ClF3N3O. The summed E-state index contributed by atoms with van der Waals surface area (Å²) in [6.45, 7) is 4.69. The second-order valence-corrected chi connectivity index (χ2v) is 8.35. The van der Waals surface area contributed by atoms with Gasteiger partial charge < -0.3 is 10.2 Å². The van der Waals surface area contributed by atoms with Crippen LogP contribution in [0.3, 0.4) is 0 Å². The number of aryl methyl sites for hydroxylation is 1. The first-order valence-corrected chi connectivity index (χ1v) is 10.9. The number of halogens is 4. The maximum atomic E-state index is 12.6. The van der Waals surface area contributed by atoms with Gasteiger partial charge in [-0.15, -0.1) is 12.4 Å². The van der Waals surface area contributed by atoms with E-state index in [1.54, 1.807) is 0 Å². The Labute approximate surface area is 193 Å². The van der Waals surface area contributed by atoms with Gasteiger partial charge in [-0.05, 0) is 68.1 Å². The molecular weight excluding hydrogens is 439 g/mol. The van der Waals surface area contributed by atoms with E-state index in [9.17, 15) is 18.0 Å². The molecule has 0 radical (unpaired) electrons. The highest BCUT2D eigenvalue weighted by molar-refractivity contribution is 5.94. The number of alkyl halides is 3. The SMILES string of the molecule is Cl.O=C(NCCCCN1CCN2c3ccccc3CCC2C1)c1ccc(C(F)(F)F)cc1. The number of benzene rings is 2. The molecule has 8 heteroatoms. The van der Waals surface area contributed by atoms with Crippen molar-refractivity contribution < 1.29 is 18.0 Å². The molecule has 2 aromatic carbocycles. The summed E-state index contributed by atoms with van der Waals surface area (Å²) in [6, 6.07) is 13.6. The maximum absolute atomic E-state index is 12.6. The molecule has 0 bridgehead atoms. The Balaban J connectivity index is 0.00000289. The van der Waals surface area contributed by atoms with E-state index in [1.807, 2.05) is 0 Å². The summed E-state index contributed by atoms with van der Waals surface area (Å²) in [5, 5.41) is 2.80. The summed E-state index contributed by atoms with van der Waals surface area (Å²) in [4.78, 5) is 17.2. The monoisotopic (exact) mass is 467 g/mol.